The van der Waals surface area contributed by atoms with Crippen molar-refractivity contribution in [2.75, 3.05) is 6.61 Å². The molecule has 0 unspecified atom stereocenters. The average Bonchev–Trinajstić information content (AvgIpc) is 2.38. The van der Waals surface area contributed by atoms with Crippen LogP contribution in [0.2, 0.25) is 0 Å². The fourth-order valence-electron chi connectivity index (χ4n) is 1.74. The number of benzene rings is 1. The molecule has 1 aromatic carbocycles. The monoisotopic (exact) mass is 281 g/mol. The van der Waals surface area contributed by atoms with E-state index < -0.39 is 10.9 Å². The fraction of sp³-hybridized carbons (Fsp3) is 0.385. The molecule has 7 nitrogen and oxygen atoms in total. The zero-order valence-electron chi connectivity index (χ0n) is 11.0. The van der Waals surface area contributed by atoms with Gasteiger partial charge in [0.05, 0.1) is 11.5 Å². The molecule has 0 atom stereocenters. The van der Waals surface area contributed by atoms with Gasteiger partial charge in [0.25, 0.3) is 5.69 Å². The topological polar surface area (TPSA) is 107 Å². The molecule has 1 rings (SSSR count). The molecule has 0 aliphatic heterocycles. The van der Waals surface area contributed by atoms with Gasteiger partial charge in [0.1, 0.15) is 11.3 Å². The summed E-state index contributed by atoms with van der Waals surface area (Å²) in [5.41, 5.74) is 0.0339. The number of nitro groups is 1. The zero-order valence-corrected chi connectivity index (χ0v) is 11.0. The maximum atomic E-state index is 11.0. The Bertz CT molecular complexity index is 526. The van der Waals surface area contributed by atoms with Crippen LogP contribution in [0.3, 0.4) is 0 Å². The maximum absolute atomic E-state index is 11.0. The van der Waals surface area contributed by atoms with Crippen LogP contribution in [0.1, 0.15) is 35.2 Å². The summed E-state index contributed by atoms with van der Waals surface area (Å²) in [5.74, 6) is -0.739. The standard InChI is InChI=1S/C13H15NO6/c1-9-5-6-11(10(8-15)13(9)14(18)19)20-7-3-2-4-12(16)17/h5-6,8H,2-4,7H2,1H3,(H,16,17). The van der Waals surface area contributed by atoms with Crippen LogP contribution in [0, 0.1) is 17.0 Å². The number of ether oxygens (including phenoxy) is 1. The molecular formula is C13H15NO6. The van der Waals surface area contributed by atoms with E-state index in [1.807, 2.05) is 0 Å². The summed E-state index contributed by atoms with van der Waals surface area (Å²) >= 11 is 0. The van der Waals surface area contributed by atoms with Crippen LogP contribution in [0.4, 0.5) is 5.69 Å². The summed E-state index contributed by atoms with van der Waals surface area (Å²) in [5, 5.41) is 19.4. The van der Waals surface area contributed by atoms with Crippen molar-refractivity contribution in [1.82, 2.24) is 0 Å². The number of carbonyl (C=O) groups is 2. The van der Waals surface area contributed by atoms with Gasteiger partial charge in [0.15, 0.2) is 6.29 Å². The number of unbranched alkanes of at least 4 members (excludes halogenated alkanes) is 1. The predicted molar refractivity (Wildman–Crippen MR) is 70.2 cm³/mol. The molecule has 0 saturated carbocycles. The molecular weight excluding hydrogens is 266 g/mol. The molecule has 1 N–H and O–H groups in total. The molecule has 0 aliphatic rings. The number of carbonyl (C=O) groups excluding carboxylic acids is 1. The lowest BCUT2D eigenvalue weighted by Gasteiger charge is -2.09. The van der Waals surface area contributed by atoms with Gasteiger partial charge < -0.3 is 9.84 Å². The third kappa shape index (κ3) is 4.04. The van der Waals surface area contributed by atoms with Crippen molar-refractivity contribution in [3.8, 4) is 5.75 Å². The van der Waals surface area contributed by atoms with Gasteiger partial charge in [-0.3, -0.25) is 19.7 Å². The third-order valence-electron chi connectivity index (χ3n) is 2.72. The van der Waals surface area contributed by atoms with Crippen LogP contribution in [0.5, 0.6) is 5.75 Å². The molecule has 7 heteroatoms. The number of carboxylic acids is 1. The Morgan fingerprint density at radius 2 is 2.15 bits per heavy atom. The smallest absolute Gasteiger partial charge is 0.303 e. The van der Waals surface area contributed by atoms with E-state index in [1.54, 1.807) is 6.92 Å². The summed E-state index contributed by atoms with van der Waals surface area (Å²) in [7, 11) is 0. The van der Waals surface area contributed by atoms with E-state index in [0.29, 0.717) is 24.7 Å². The van der Waals surface area contributed by atoms with Crippen LogP contribution >= 0.6 is 0 Å². The van der Waals surface area contributed by atoms with Gasteiger partial charge in [-0.2, -0.15) is 0 Å². The molecule has 0 saturated heterocycles. The van der Waals surface area contributed by atoms with Gasteiger partial charge >= 0.3 is 5.97 Å². The average molecular weight is 281 g/mol. The number of rotatable bonds is 8. The first-order valence-electron chi connectivity index (χ1n) is 6.05. The summed E-state index contributed by atoms with van der Waals surface area (Å²) in [6, 6.07) is 3.01. The van der Waals surface area contributed by atoms with Crippen LogP contribution in [-0.4, -0.2) is 28.9 Å². The summed E-state index contributed by atoms with van der Waals surface area (Å²) in [4.78, 5) is 31.7. The largest absolute Gasteiger partial charge is 0.493 e. The van der Waals surface area contributed by atoms with Gasteiger partial charge in [0.2, 0.25) is 0 Å². The molecule has 20 heavy (non-hydrogen) atoms. The fourth-order valence-corrected chi connectivity index (χ4v) is 1.74. The molecule has 0 spiro atoms. The van der Waals surface area contributed by atoms with Crippen LogP contribution in [0.25, 0.3) is 0 Å². The number of nitrogens with zero attached hydrogens (tertiary/aromatic N) is 1. The molecule has 0 fully saturated rings. The summed E-state index contributed by atoms with van der Waals surface area (Å²) in [6.07, 6.45) is 1.38. The van der Waals surface area contributed by atoms with E-state index in [9.17, 15) is 19.7 Å². The van der Waals surface area contributed by atoms with Crippen molar-refractivity contribution in [2.24, 2.45) is 0 Å². The van der Waals surface area contributed by atoms with Crippen molar-refractivity contribution in [2.45, 2.75) is 26.2 Å². The Balaban J connectivity index is 2.75. The Labute approximate surface area is 115 Å². The first-order valence-corrected chi connectivity index (χ1v) is 6.05. The molecule has 0 amide bonds. The molecule has 0 aliphatic carbocycles. The molecule has 0 heterocycles. The van der Waals surface area contributed by atoms with Gasteiger partial charge in [-0.25, -0.2) is 0 Å². The number of aldehydes is 1. The van der Waals surface area contributed by atoms with E-state index in [2.05, 4.69) is 0 Å². The molecule has 0 aromatic heterocycles. The maximum Gasteiger partial charge on any atom is 0.303 e. The minimum absolute atomic E-state index is 0.0396. The van der Waals surface area contributed by atoms with Crippen molar-refractivity contribution in [3.05, 3.63) is 33.4 Å². The van der Waals surface area contributed by atoms with Crippen molar-refractivity contribution < 1.29 is 24.4 Å². The lowest BCUT2D eigenvalue weighted by molar-refractivity contribution is -0.385. The predicted octanol–water partition coefficient (Wildman–Crippen LogP) is 2.35. The van der Waals surface area contributed by atoms with Gasteiger partial charge in [-0.05, 0) is 31.9 Å². The van der Waals surface area contributed by atoms with E-state index in [4.69, 9.17) is 9.84 Å². The first kappa shape index (κ1) is 15.6. The molecule has 0 bridgehead atoms. The number of nitro benzene ring substituents is 1. The van der Waals surface area contributed by atoms with Gasteiger partial charge in [0, 0.05) is 12.0 Å². The lowest BCUT2D eigenvalue weighted by atomic mass is 10.1. The second kappa shape index (κ2) is 7.22. The van der Waals surface area contributed by atoms with E-state index in [1.165, 1.54) is 12.1 Å². The van der Waals surface area contributed by atoms with Crippen LogP contribution in [-0.2, 0) is 4.79 Å². The Hall–Kier alpha value is -2.44. The Kier molecular flexibility index (Phi) is 5.64. The second-order valence-corrected chi connectivity index (χ2v) is 4.22. The Morgan fingerprint density at radius 1 is 1.45 bits per heavy atom. The normalized spacial score (nSPS) is 10.1. The minimum Gasteiger partial charge on any atom is -0.493 e. The zero-order chi connectivity index (χ0) is 15.1. The molecule has 108 valence electrons. The number of hydrogen-bond acceptors (Lipinski definition) is 5. The third-order valence-corrected chi connectivity index (χ3v) is 2.72. The Morgan fingerprint density at radius 3 is 2.70 bits per heavy atom. The number of hydrogen-bond donors (Lipinski definition) is 1. The van der Waals surface area contributed by atoms with Crippen molar-refractivity contribution >= 4 is 17.9 Å². The quantitative estimate of drug-likeness (QED) is 0.339. The van der Waals surface area contributed by atoms with Gasteiger partial charge in [-0.15, -0.1) is 0 Å². The van der Waals surface area contributed by atoms with Gasteiger partial charge in [-0.1, -0.05) is 0 Å². The first-order chi connectivity index (χ1) is 9.47. The van der Waals surface area contributed by atoms with Crippen LogP contribution < -0.4 is 4.74 Å². The summed E-state index contributed by atoms with van der Waals surface area (Å²) in [6.45, 7) is 1.75. The number of aliphatic carboxylic acids is 1. The highest BCUT2D eigenvalue weighted by molar-refractivity contribution is 5.86. The number of carboxylic acid groups (broad SMARTS) is 1. The highest BCUT2D eigenvalue weighted by Crippen LogP contribution is 2.30. The lowest BCUT2D eigenvalue weighted by Crippen LogP contribution is -2.05. The van der Waals surface area contributed by atoms with Crippen molar-refractivity contribution in [1.29, 1.82) is 0 Å². The van der Waals surface area contributed by atoms with E-state index in [0.717, 1.165) is 0 Å². The highest BCUT2D eigenvalue weighted by Gasteiger charge is 2.21. The summed E-state index contributed by atoms with van der Waals surface area (Å²) < 4.78 is 5.33. The van der Waals surface area contributed by atoms with Crippen LogP contribution in [0.15, 0.2) is 12.1 Å². The van der Waals surface area contributed by atoms with E-state index in [-0.39, 0.29) is 30.0 Å². The molecule has 1 aromatic rings. The van der Waals surface area contributed by atoms with Crippen molar-refractivity contribution in [3.63, 3.8) is 0 Å². The minimum atomic E-state index is -0.885. The van der Waals surface area contributed by atoms with E-state index >= 15 is 0 Å². The second-order valence-electron chi connectivity index (χ2n) is 4.22. The molecule has 0 radical (unpaired) electrons. The SMILES string of the molecule is Cc1ccc(OCCCCC(=O)O)c(C=O)c1[N+](=O)[O-]. The highest BCUT2D eigenvalue weighted by atomic mass is 16.6. The number of aryl methyl sites for hydroxylation is 1.